The molecule has 0 bridgehead atoms. The maximum Gasteiger partial charge on any atom is 0.130 e. The Morgan fingerprint density at radius 2 is 2.37 bits per heavy atom. The van der Waals surface area contributed by atoms with Gasteiger partial charge in [-0.3, -0.25) is 9.98 Å². The fraction of sp³-hybridized carbons (Fsp3) is 0.286. The standard InChI is InChI=1S/C14H14N4S/c1-2-10(7-15-3-1)12-6-11(14-16-4-5-17-14)13-8-19-9-18(12)13/h1-3,6-7H,4-5,8-9H2,(H,16,17). The van der Waals surface area contributed by atoms with Crippen molar-refractivity contribution in [2.45, 2.75) is 11.6 Å². The van der Waals surface area contributed by atoms with Gasteiger partial charge in [-0.25, -0.2) is 0 Å². The highest BCUT2D eigenvalue weighted by atomic mass is 32.2. The molecule has 0 aliphatic carbocycles. The second kappa shape index (κ2) is 4.42. The second-order valence-electron chi connectivity index (χ2n) is 4.69. The quantitative estimate of drug-likeness (QED) is 0.908. The molecule has 2 aromatic rings. The monoisotopic (exact) mass is 270 g/mol. The molecular weight excluding hydrogens is 256 g/mol. The van der Waals surface area contributed by atoms with E-state index in [-0.39, 0.29) is 0 Å². The zero-order valence-electron chi connectivity index (χ0n) is 10.5. The lowest BCUT2D eigenvalue weighted by atomic mass is 10.2. The van der Waals surface area contributed by atoms with Crippen molar-refractivity contribution in [3.63, 3.8) is 0 Å². The maximum atomic E-state index is 4.56. The van der Waals surface area contributed by atoms with Gasteiger partial charge in [0, 0.05) is 41.5 Å². The van der Waals surface area contributed by atoms with Gasteiger partial charge in [0.25, 0.3) is 0 Å². The Labute approximate surface area is 116 Å². The number of amidine groups is 1. The fourth-order valence-electron chi connectivity index (χ4n) is 2.66. The second-order valence-corrected chi connectivity index (χ2v) is 5.65. The molecule has 5 heteroatoms. The molecule has 0 unspecified atom stereocenters. The van der Waals surface area contributed by atoms with Crippen molar-refractivity contribution < 1.29 is 0 Å². The van der Waals surface area contributed by atoms with Crippen LogP contribution in [0.15, 0.2) is 35.6 Å². The topological polar surface area (TPSA) is 42.2 Å². The Balaban J connectivity index is 1.87. The van der Waals surface area contributed by atoms with Crippen molar-refractivity contribution in [2.24, 2.45) is 4.99 Å². The molecule has 2 aromatic heterocycles. The molecule has 0 amide bonds. The van der Waals surface area contributed by atoms with Crippen LogP contribution in [0.5, 0.6) is 0 Å². The number of aromatic nitrogens is 2. The zero-order chi connectivity index (χ0) is 12.7. The molecule has 0 saturated carbocycles. The van der Waals surface area contributed by atoms with Gasteiger partial charge in [0.05, 0.1) is 18.1 Å². The lowest BCUT2D eigenvalue weighted by Crippen LogP contribution is -2.20. The first kappa shape index (κ1) is 11.1. The van der Waals surface area contributed by atoms with Gasteiger partial charge in [-0.15, -0.1) is 11.8 Å². The SMILES string of the molecule is c1cncc(-c2cc(C3=NCCN3)c3n2CSC3)c1. The summed E-state index contributed by atoms with van der Waals surface area (Å²) < 4.78 is 2.39. The third-order valence-electron chi connectivity index (χ3n) is 3.55. The van der Waals surface area contributed by atoms with Crippen molar-refractivity contribution in [3.05, 3.63) is 41.9 Å². The van der Waals surface area contributed by atoms with E-state index in [1.54, 1.807) is 0 Å². The number of hydrogen-bond donors (Lipinski definition) is 1. The molecule has 0 spiro atoms. The summed E-state index contributed by atoms with van der Waals surface area (Å²) in [6, 6.07) is 6.36. The van der Waals surface area contributed by atoms with Crippen LogP contribution in [0, 0.1) is 0 Å². The molecule has 4 nitrogen and oxygen atoms in total. The van der Waals surface area contributed by atoms with Gasteiger partial charge in [0.2, 0.25) is 0 Å². The zero-order valence-corrected chi connectivity index (χ0v) is 11.3. The summed E-state index contributed by atoms with van der Waals surface area (Å²) in [4.78, 5) is 8.79. The van der Waals surface area contributed by atoms with E-state index in [4.69, 9.17) is 0 Å². The van der Waals surface area contributed by atoms with Crippen molar-refractivity contribution in [1.29, 1.82) is 0 Å². The van der Waals surface area contributed by atoms with E-state index < -0.39 is 0 Å². The molecule has 0 aromatic carbocycles. The minimum Gasteiger partial charge on any atom is -0.368 e. The van der Waals surface area contributed by atoms with Gasteiger partial charge in [0.1, 0.15) is 5.84 Å². The third-order valence-corrected chi connectivity index (χ3v) is 4.47. The van der Waals surface area contributed by atoms with Gasteiger partial charge in [-0.2, -0.15) is 0 Å². The molecule has 96 valence electrons. The highest BCUT2D eigenvalue weighted by molar-refractivity contribution is 7.97. The lowest BCUT2D eigenvalue weighted by Gasteiger charge is -2.04. The summed E-state index contributed by atoms with van der Waals surface area (Å²) >= 11 is 1.95. The van der Waals surface area contributed by atoms with Crippen LogP contribution in [0.2, 0.25) is 0 Å². The summed E-state index contributed by atoms with van der Waals surface area (Å²) in [5.41, 5.74) is 5.08. The van der Waals surface area contributed by atoms with Gasteiger partial charge < -0.3 is 9.88 Å². The molecule has 0 atom stereocenters. The summed E-state index contributed by atoms with van der Waals surface area (Å²) in [5.74, 6) is 3.14. The van der Waals surface area contributed by atoms with Crippen LogP contribution in [0.3, 0.4) is 0 Å². The van der Waals surface area contributed by atoms with Gasteiger partial charge in [-0.05, 0) is 18.2 Å². The summed E-state index contributed by atoms with van der Waals surface area (Å²) in [6.07, 6.45) is 3.74. The van der Waals surface area contributed by atoms with Crippen LogP contribution >= 0.6 is 11.8 Å². The minimum absolute atomic E-state index is 0.884. The third kappa shape index (κ3) is 1.76. The molecule has 4 rings (SSSR count). The van der Waals surface area contributed by atoms with Crippen LogP contribution in [0.4, 0.5) is 0 Å². The molecule has 0 fully saturated rings. The van der Waals surface area contributed by atoms with Crippen LogP contribution in [-0.2, 0) is 11.6 Å². The van der Waals surface area contributed by atoms with E-state index in [1.807, 2.05) is 30.2 Å². The van der Waals surface area contributed by atoms with Crippen molar-refractivity contribution in [1.82, 2.24) is 14.9 Å². The van der Waals surface area contributed by atoms with Crippen LogP contribution in [0.1, 0.15) is 11.3 Å². The smallest absolute Gasteiger partial charge is 0.130 e. The molecule has 19 heavy (non-hydrogen) atoms. The Morgan fingerprint density at radius 1 is 1.37 bits per heavy atom. The molecule has 0 radical (unpaired) electrons. The van der Waals surface area contributed by atoms with E-state index in [1.165, 1.54) is 22.5 Å². The van der Waals surface area contributed by atoms with Crippen molar-refractivity contribution >= 4 is 17.6 Å². The Bertz CT molecular complexity index is 645. The molecule has 1 N–H and O–H groups in total. The average molecular weight is 270 g/mol. The van der Waals surface area contributed by atoms with E-state index in [9.17, 15) is 0 Å². The highest BCUT2D eigenvalue weighted by Crippen LogP contribution is 2.35. The molecular formula is C14H14N4S. The van der Waals surface area contributed by atoms with E-state index in [2.05, 4.69) is 32.0 Å². The van der Waals surface area contributed by atoms with Crippen LogP contribution < -0.4 is 5.32 Å². The van der Waals surface area contributed by atoms with E-state index >= 15 is 0 Å². The number of hydrogen-bond acceptors (Lipinski definition) is 4. The number of thioether (sulfide) groups is 1. The number of aliphatic imine (C=N–C) groups is 1. The Morgan fingerprint density at radius 3 is 3.16 bits per heavy atom. The first-order valence-electron chi connectivity index (χ1n) is 6.43. The average Bonchev–Trinajstić information content (AvgIpc) is 3.16. The minimum atomic E-state index is 0.884. The highest BCUT2D eigenvalue weighted by Gasteiger charge is 2.24. The van der Waals surface area contributed by atoms with E-state index in [0.717, 1.165) is 30.6 Å². The maximum absolute atomic E-state index is 4.56. The molecule has 0 saturated heterocycles. The number of fused-ring (bicyclic) bond motifs is 1. The Kier molecular flexibility index (Phi) is 2.58. The van der Waals surface area contributed by atoms with Crippen LogP contribution in [-0.4, -0.2) is 28.5 Å². The Hall–Kier alpha value is -1.75. The summed E-state index contributed by atoms with van der Waals surface area (Å²) in [6.45, 7) is 1.84. The molecule has 2 aliphatic heterocycles. The predicted octanol–water partition coefficient (Wildman–Crippen LogP) is 2.10. The van der Waals surface area contributed by atoms with Gasteiger partial charge in [-0.1, -0.05) is 0 Å². The predicted molar refractivity (Wildman–Crippen MR) is 78.4 cm³/mol. The normalized spacial score (nSPS) is 17.2. The first-order chi connectivity index (χ1) is 9.43. The lowest BCUT2D eigenvalue weighted by molar-refractivity contribution is 0.893. The number of pyridine rings is 1. The van der Waals surface area contributed by atoms with Crippen molar-refractivity contribution in [3.8, 4) is 11.3 Å². The van der Waals surface area contributed by atoms with E-state index in [0.29, 0.717) is 0 Å². The summed E-state index contributed by atoms with van der Waals surface area (Å²) in [5, 5.41) is 3.38. The van der Waals surface area contributed by atoms with Crippen LogP contribution in [0.25, 0.3) is 11.3 Å². The van der Waals surface area contributed by atoms with Gasteiger partial charge >= 0.3 is 0 Å². The van der Waals surface area contributed by atoms with Crippen molar-refractivity contribution in [2.75, 3.05) is 13.1 Å². The number of rotatable bonds is 2. The summed E-state index contributed by atoms with van der Waals surface area (Å²) in [7, 11) is 0. The first-order valence-corrected chi connectivity index (χ1v) is 7.58. The molecule has 2 aliphatic rings. The molecule has 4 heterocycles. The fourth-order valence-corrected chi connectivity index (χ4v) is 3.74. The number of nitrogens with zero attached hydrogens (tertiary/aromatic N) is 3. The number of nitrogens with one attached hydrogen (secondary N) is 1. The van der Waals surface area contributed by atoms with Gasteiger partial charge in [0.15, 0.2) is 0 Å². The largest absolute Gasteiger partial charge is 0.368 e.